The third kappa shape index (κ3) is 4.82. The quantitative estimate of drug-likeness (QED) is 0.840. The van der Waals surface area contributed by atoms with Gasteiger partial charge in [0, 0.05) is 25.5 Å². The second-order valence-corrected chi connectivity index (χ2v) is 4.73. The van der Waals surface area contributed by atoms with Gasteiger partial charge in [-0.15, -0.1) is 0 Å². The Morgan fingerprint density at radius 2 is 1.90 bits per heavy atom. The van der Waals surface area contributed by atoms with Gasteiger partial charge in [0.1, 0.15) is 0 Å². The molecule has 0 saturated carbocycles. The molecule has 0 aliphatic carbocycles. The molecule has 0 bridgehead atoms. The zero-order valence-corrected chi connectivity index (χ0v) is 11.6. The van der Waals surface area contributed by atoms with Crippen molar-refractivity contribution in [2.45, 2.75) is 20.0 Å². The van der Waals surface area contributed by atoms with Crippen LogP contribution < -0.4 is 10.6 Å². The Morgan fingerprint density at radius 1 is 1.10 bits per heavy atom. The molecule has 104 valence electrons. The first-order valence-electron chi connectivity index (χ1n) is 6.66. The topological polar surface area (TPSA) is 54.0 Å². The lowest BCUT2D eigenvalue weighted by molar-refractivity contribution is -0.120. The van der Waals surface area contributed by atoms with Crippen LogP contribution in [0.4, 0.5) is 0 Å². The van der Waals surface area contributed by atoms with Crippen LogP contribution in [-0.2, 0) is 17.9 Å². The van der Waals surface area contributed by atoms with Gasteiger partial charge < -0.3 is 10.6 Å². The number of aryl methyl sites for hydroxylation is 1. The van der Waals surface area contributed by atoms with Crippen LogP contribution in [0.2, 0.25) is 0 Å². The molecule has 0 fully saturated rings. The van der Waals surface area contributed by atoms with E-state index in [2.05, 4.69) is 46.8 Å². The van der Waals surface area contributed by atoms with Crippen LogP contribution in [0.25, 0.3) is 0 Å². The Kier molecular flexibility index (Phi) is 5.26. The Bertz CT molecular complexity index is 537. The van der Waals surface area contributed by atoms with Crippen molar-refractivity contribution in [2.75, 3.05) is 6.54 Å². The molecule has 4 nitrogen and oxygen atoms in total. The van der Waals surface area contributed by atoms with Gasteiger partial charge in [-0.2, -0.15) is 0 Å². The summed E-state index contributed by atoms with van der Waals surface area (Å²) in [6.45, 7) is 3.58. The van der Waals surface area contributed by atoms with Crippen molar-refractivity contribution in [3.05, 3.63) is 65.5 Å². The lowest BCUT2D eigenvalue weighted by atomic mass is 10.1. The first kappa shape index (κ1) is 14.2. The van der Waals surface area contributed by atoms with Crippen LogP contribution in [0.1, 0.15) is 16.7 Å². The van der Waals surface area contributed by atoms with E-state index in [0.717, 1.165) is 5.56 Å². The van der Waals surface area contributed by atoms with Gasteiger partial charge in [-0.25, -0.2) is 0 Å². The number of benzene rings is 1. The molecule has 0 unspecified atom stereocenters. The Labute approximate surface area is 119 Å². The predicted molar refractivity (Wildman–Crippen MR) is 79.0 cm³/mol. The van der Waals surface area contributed by atoms with Crippen LogP contribution in [0.15, 0.2) is 48.8 Å². The number of hydrogen-bond acceptors (Lipinski definition) is 3. The zero-order valence-electron chi connectivity index (χ0n) is 11.6. The first-order valence-corrected chi connectivity index (χ1v) is 6.66. The number of nitrogens with one attached hydrogen (secondary N) is 2. The molecule has 0 aliphatic heterocycles. The van der Waals surface area contributed by atoms with Gasteiger partial charge in [0.15, 0.2) is 0 Å². The van der Waals surface area contributed by atoms with E-state index in [4.69, 9.17) is 0 Å². The van der Waals surface area contributed by atoms with Gasteiger partial charge in [-0.05, 0) is 24.1 Å². The molecule has 20 heavy (non-hydrogen) atoms. The van der Waals surface area contributed by atoms with Crippen molar-refractivity contribution in [3.8, 4) is 0 Å². The van der Waals surface area contributed by atoms with E-state index >= 15 is 0 Å². The maximum Gasteiger partial charge on any atom is 0.234 e. The monoisotopic (exact) mass is 269 g/mol. The molecular weight excluding hydrogens is 250 g/mol. The maximum absolute atomic E-state index is 11.7. The highest BCUT2D eigenvalue weighted by atomic mass is 16.1. The molecule has 0 atom stereocenters. The van der Waals surface area contributed by atoms with Gasteiger partial charge >= 0.3 is 0 Å². The minimum absolute atomic E-state index is 0.0130. The summed E-state index contributed by atoms with van der Waals surface area (Å²) in [5.74, 6) is -0.0130. The number of carbonyl (C=O) groups excluding carboxylic acids is 1. The Balaban J connectivity index is 1.66. The highest BCUT2D eigenvalue weighted by Gasteiger charge is 2.01. The summed E-state index contributed by atoms with van der Waals surface area (Å²) >= 11 is 0. The largest absolute Gasteiger partial charge is 0.351 e. The molecule has 2 rings (SSSR count). The SMILES string of the molecule is Cc1ccc(CNCC(=O)NCc2cccnc2)cc1. The minimum Gasteiger partial charge on any atom is -0.351 e. The van der Waals surface area contributed by atoms with E-state index in [1.165, 1.54) is 11.1 Å². The normalized spacial score (nSPS) is 10.2. The van der Waals surface area contributed by atoms with Crippen molar-refractivity contribution in [1.29, 1.82) is 0 Å². The summed E-state index contributed by atoms with van der Waals surface area (Å²) in [6.07, 6.45) is 3.47. The first-order chi connectivity index (χ1) is 9.74. The van der Waals surface area contributed by atoms with Crippen LogP contribution in [0, 0.1) is 6.92 Å². The van der Waals surface area contributed by atoms with Gasteiger partial charge in [-0.3, -0.25) is 9.78 Å². The summed E-state index contributed by atoms with van der Waals surface area (Å²) in [5.41, 5.74) is 3.41. The number of hydrogen-bond donors (Lipinski definition) is 2. The van der Waals surface area contributed by atoms with E-state index in [9.17, 15) is 4.79 Å². The van der Waals surface area contributed by atoms with Crippen molar-refractivity contribution in [3.63, 3.8) is 0 Å². The molecule has 0 aliphatic rings. The Hall–Kier alpha value is -2.20. The van der Waals surface area contributed by atoms with E-state index in [1.807, 2.05) is 12.1 Å². The number of pyridine rings is 1. The molecule has 1 aromatic heterocycles. The number of rotatable bonds is 6. The van der Waals surface area contributed by atoms with Crippen molar-refractivity contribution >= 4 is 5.91 Å². The summed E-state index contributed by atoms with van der Waals surface area (Å²) < 4.78 is 0. The second-order valence-electron chi connectivity index (χ2n) is 4.73. The average molecular weight is 269 g/mol. The molecular formula is C16H19N3O. The Morgan fingerprint density at radius 3 is 2.60 bits per heavy atom. The minimum atomic E-state index is -0.0130. The maximum atomic E-state index is 11.7. The molecule has 1 amide bonds. The summed E-state index contributed by atoms with van der Waals surface area (Å²) in [5, 5.41) is 5.98. The third-order valence-electron chi connectivity index (χ3n) is 2.95. The molecule has 4 heteroatoms. The fourth-order valence-corrected chi connectivity index (χ4v) is 1.79. The smallest absolute Gasteiger partial charge is 0.234 e. The summed E-state index contributed by atoms with van der Waals surface area (Å²) in [7, 11) is 0. The molecule has 1 heterocycles. The lowest BCUT2D eigenvalue weighted by Crippen LogP contribution is -2.33. The van der Waals surface area contributed by atoms with E-state index in [1.54, 1.807) is 12.4 Å². The summed E-state index contributed by atoms with van der Waals surface area (Å²) in [6, 6.07) is 12.1. The number of carbonyl (C=O) groups is 1. The lowest BCUT2D eigenvalue weighted by Gasteiger charge is -2.07. The van der Waals surface area contributed by atoms with E-state index < -0.39 is 0 Å². The van der Waals surface area contributed by atoms with Gasteiger partial charge in [-0.1, -0.05) is 35.9 Å². The van der Waals surface area contributed by atoms with Crippen LogP contribution in [0.3, 0.4) is 0 Å². The van der Waals surface area contributed by atoms with Crippen molar-refractivity contribution in [2.24, 2.45) is 0 Å². The van der Waals surface area contributed by atoms with E-state index in [0.29, 0.717) is 19.6 Å². The number of amides is 1. The fraction of sp³-hybridized carbons (Fsp3) is 0.250. The van der Waals surface area contributed by atoms with Crippen LogP contribution in [0.5, 0.6) is 0 Å². The zero-order chi connectivity index (χ0) is 14.2. The van der Waals surface area contributed by atoms with Gasteiger partial charge in [0.05, 0.1) is 6.54 Å². The predicted octanol–water partition coefficient (Wildman–Crippen LogP) is 1.80. The third-order valence-corrected chi connectivity index (χ3v) is 2.95. The highest BCUT2D eigenvalue weighted by Crippen LogP contribution is 2.02. The summed E-state index contributed by atoms with van der Waals surface area (Å²) in [4.78, 5) is 15.7. The van der Waals surface area contributed by atoms with Crippen LogP contribution in [-0.4, -0.2) is 17.4 Å². The van der Waals surface area contributed by atoms with E-state index in [-0.39, 0.29) is 5.91 Å². The van der Waals surface area contributed by atoms with Crippen LogP contribution >= 0.6 is 0 Å². The molecule has 2 N–H and O–H groups in total. The number of nitrogens with zero attached hydrogens (tertiary/aromatic N) is 1. The molecule has 1 aromatic carbocycles. The van der Waals surface area contributed by atoms with Crippen molar-refractivity contribution in [1.82, 2.24) is 15.6 Å². The molecule has 0 spiro atoms. The van der Waals surface area contributed by atoms with Crippen molar-refractivity contribution < 1.29 is 4.79 Å². The molecule has 2 aromatic rings. The standard InChI is InChI=1S/C16H19N3O/c1-13-4-6-14(7-5-13)9-18-12-16(20)19-11-15-3-2-8-17-10-15/h2-8,10,18H,9,11-12H2,1H3,(H,19,20). The molecule has 0 radical (unpaired) electrons. The second kappa shape index (κ2) is 7.40. The number of aromatic nitrogens is 1. The highest BCUT2D eigenvalue weighted by molar-refractivity contribution is 5.77. The molecule has 0 saturated heterocycles. The average Bonchev–Trinajstić information content (AvgIpc) is 2.48. The van der Waals surface area contributed by atoms with Gasteiger partial charge in [0.25, 0.3) is 0 Å². The fourth-order valence-electron chi connectivity index (χ4n) is 1.79. The van der Waals surface area contributed by atoms with Gasteiger partial charge in [0.2, 0.25) is 5.91 Å².